The van der Waals surface area contributed by atoms with Crippen molar-refractivity contribution in [2.75, 3.05) is 11.4 Å². The van der Waals surface area contributed by atoms with Gasteiger partial charge in [-0.2, -0.15) is 5.10 Å². The van der Waals surface area contributed by atoms with Crippen LogP contribution in [0.1, 0.15) is 74.1 Å². The topological polar surface area (TPSA) is 144 Å². The number of nitrogens with zero attached hydrogens (tertiary/aromatic N) is 6. The highest BCUT2D eigenvalue weighted by molar-refractivity contribution is 5.88. The molecular weight excluding hydrogens is 547 g/mol. The van der Waals surface area contributed by atoms with Crippen molar-refractivity contribution < 1.29 is 28.7 Å². The Kier molecular flexibility index (Phi) is 7.60. The van der Waals surface area contributed by atoms with Gasteiger partial charge in [0.2, 0.25) is 0 Å². The summed E-state index contributed by atoms with van der Waals surface area (Å²) in [5, 5.41) is 26.1. The molecule has 0 spiro atoms. The highest BCUT2D eigenvalue weighted by Crippen LogP contribution is 2.42. The van der Waals surface area contributed by atoms with Gasteiger partial charge in [0.1, 0.15) is 23.3 Å². The van der Waals surface area contributed by atoms with E-state index in [0.29, 0.717) is 41.8 Å². The van der Waals surface area contributed by atoms with Crippen LogP contribution in [0.4, 0.5) is 20.7 Å². The van der Waals surface area contributed by atoms with Gasteiger partial charge in [0.15, 0.2) is 0 Å². The van der Waals surface area contributed by atoms with Gasteiger partial charge >= 0.3 is 17.9 Å². The third-order valence-electron chi connectivity index (χ3n) is 7.29. The van der Waals surface area contributed by atoms with Crippen LogP contribution >= 0.6 is 0 Å². The average molecular weight is 581 g/mol. The maximum Gasteiger partial charge on any atom is 0.410 e. The molecule has 2 aliphatic rings. The molecule has 3 aromatic rings. The molecule has 2 aromatic heterocycles. The standard InChI is InChI=1S/C29H33FN6O6/c1-29(2,3)42-28(39)35(21-7-8-21)16-23-22(15-33(4)32-23)19-13-25(26(31-14-19)36(40)41)34-9-5-6-24(34)17-10-18(27(37)38)12-20(30)11-17/h10-15,21,24H,5-9,16H2,1-4H3,(H,37,38). The van der Waals surface area contributed by atoms with Gasteiger partial charge in [0, 0.05) is 37.0 Å². The zero-order valence-electron chi connectivity index (χ0n) is 23.9. The van der Waals surface area contributed by atoms with E-state index < -0.39 is 34.4 Å². The lowest BCUT2D eigenvalue weighted by molar-refractivity contribution is -0.388. The Morgan fingerprint density at radius 3 is 2.60 bits per heavy atom. The second kappa shape index (κ2) is 11.0. The van der Waals surface area contributed by atoms with E-state index in [1.165, 1.54) is 18.3 Å². The van der Waals surface area contributed by atoms with E-state index in [1.807, 2.05) is 20.8 Å². The fraction of sp³-hybridized carbons (Fsp3) is 0.448. The fourth-order valence-corrected chi connectivity index (χ4v) is 5.38. The van der Waals surface area contributed by atoms with Crippen LogP contribution < -0.4 is 4.90 Å². The van der Waals surface area contributed by atoms with E-state index in [4.69, 9.17) is 4.74 Å². The lowest BCUT2D eigenvalue weighted by Gasteiger charge is -2.27. The Morgan fingerprint density at radius 2 is 1.95 bits per heavy atom. The van der Waals surface area contributed by atoms with Gasteiger partial charge in [-0.1, -0.05) is 0 Å². The van der Waals surface area contributed by atoms with Crippen LogP contribution in [0.15, 0.2) is 36.7 Å². The van der Waals surface area contributed by atoms with Crippen LogP contribution in [0.2, 0.25) is 0 Å². The number of carbonyl (C=O) groups excluding carboxylic acids is 1. The minimum atomic E-state index is -1.26. The number of carboxylic acid groups (broad SMARTS) is 1. The zero-order valence-corrected chi connectivity index (χ0v) is 23.9. The quantitative estimate of drug-likeness (QED) is 0.271. The predicted molar refractivity (Wildman–Crippen MR) is 151 cm³/mol. The number of aryl methyl sites for hydroxylation is 1. The van der Waals surface area contributed by atoms with Crippen LogP contribution in [0.3, 0.4) is 0 Å². The van der Waals surface area contributed by atoms with E-state index in [1.54, 1.807) is 33.8 Å². The fourth-order valence-electron chi connectivity index (χ4n) is 5.38. The normalized spacial score (nSPS) is 16.9. The number of aromatic nitrogens is 3. The number of carbonyl (C=O) groups is 2. The van der Waals surface area contributed by atoms with Crippen LogP contribution in [0.5, 0.6) is 0 Å². The van der Waals surface area contributed by atoms with Gasteiger partial charge in [-0.3, -0.25) is 9.58 Å². The number of hydrogen-bond donors (Lipinski definition) is 1. The Hall–Kier alpha value is -4.55. The van der Waals surface area contributed by atoms with Crippen LogP contribution in [0.25, 0.3) is 11.1 Å². The van der Waals surface area contributed by atoms with Crippen LogP contribution in [-0.2, 0) is 18.3 Å². The maximum absolute atomic E-state index is 14.4. The van der Waals surface area contributed by atoms with Gasteiger partial charge in [0.05, 0.1) is 23.8 Å². The number of aromatic carboxylic acids is 1. The van der Waals surface area contributed by atoms with Crippen molar-refractivity contribution in [3.05, 3.63) is 69.4 Å². The summed E-state index contributed by atoms with van der Waals surface area (Å²) in [7, 11) is 1.75. The number of ether oxygens (including phenoxy) is 1. The molecule has 0 bridgehead atoms. The minimum absolute atomic E-state index is 0.0487. The number of nitro groups is 1. The van der Waals surface area contributed by atoms with Gasteiger partial charge in [-0.25, -0.2) is 14.0 Å². The molecule has 1 N–H and O–H groups in total. The Labute approximate surface area is 241 Å². The zero-order chi connectivity index (χ0) is 30.3. The number of amides is 1. The molecule has 1 atom stereocenters. The summed E-state index contributed by atoms with van der Waals surface area (Å²) in [6, 6.07) is 4.84. The largest absolute Gasteiger partial charge is 0.478 e. The molecule has 1 saturated carbocycles. The summed E-state index contributed by atoms with van der Waals surface area (Å²) in [6.45, 7) is 6.05. The van der Waals surface area contributed by atoms with Gasteiger partial charge < -0.3 is 24.9 Å². The van der Waals surface area contributed by atoms with Gasteiger partial charge in [-0.15, -0.1) is 0 Å². The number of hydrogen-bond acceptors (Lipinski definition) is 8. The first-order valence-corrected chi connectivity index (χ1v) is 13.8. The van der Waals surface area contributed by atoms with Crippen molar-refractivity contribution >= 4 is 23.6 Å². The second-order valence-corrected chi connectivity index (χ2v) is 11.8. The molecule has 1 unspecified atom stereocenters. The third kappa shape index (κ3) is 6.19. The molecular formula is C29H33FN6O6. The molecule has 222 valence electrons. The molecule has 3 heterocycles. The van der Waals surface area contributed by atoms with E-state index in [0.717, 1.165) is 18.9 Å². The van der Waals surface area contributed by atoms with E-state index in [-0.39, 0.29) is 29.7 Å². The summed E-state index contributed by atoms with van der Waals surface area (Å²) >= 11 is 0. The molecule has 42 heavy (non-hydrogen) atoms. The Bertz CT molecular complexity index is 1550. The molecule has 12 nitrogen and oxygen atoms in total. The molecule has 1 aromatic carbocycles. The number of halogens is 1. The molecule has 0 radical (unpaired) electrons. The number of benzene rings is 1. The summed E-state index contributed by atoms with van der Waals surface area (Å²) < 4.78 is 21.6. The molecule has 1 saturated heterocycles. The van der Waals surface area contributed by atoms with Crippen molar-refractivity contribution in [1.29, 1.82) is 0 Å². The van der Waals surface area contributed by atoms with Crippen LogP contribution in [-0.4, -0.2) is 59.9 Å². The lowest BCUT2D eigenvalue weighted by Crippen LogP contribution is -2.38. The van der Waals surface area contributed by atoms with E-state index in [9.17, 15) is 29.2 Å². The number of pyridine rings is 1. The van der Waals surface area contributed by atoms with Crippen molar-refractivity contribution in [2.24, 2.45) is 7.05 Å². The smallest absolute Gasteiger partial charge is 0.410 e. The summed E-state index contributed by atoms with van der Waals surface area (Å²) in [4.78, 5) is 43.7. The second-order valence-electron chi connectivity index (χ2n) is 11.8. The monoisotopic (exact) mass is 580 g/mol. The summed E-state index contributed by atoms with van der Waals surface area (Å²) in [5.74, 6) is -2.31. The Balaban J connectivity index is 1.52. The van der Waals surface area contributed by atoms with Crippen LogP contribution in [0, 0.1) is 15.9 Å². The first-order chi connectivity index (χ1) is 19.8. The van der Waals surface area contributed by atoms with Crippen molar-refractivity contribution in [3.8, 4) is 11.1 Å². The number of carboxylic acids is 1. The number of rotatable bonds is 8. The van der Waals surface area contributed by atoms with Crippen molar-refractivity contribution in [2.45, 2.75) is 70.7 Å². The predicted octanol–water partition coefficient (Wildman–Crippen LogP) is 5.47. The average Bonchev–Trinajstić information content (AvgIpc) is 3.49. The minimum Gasteiger partial charge on any atom is -0.478 e. The molecule has 13 heteroatoms. The first kappa shape index (κ1) is 29.0. The Morgan fingerprint density at radius 1 is 1.21 bits per heavy atom. The van der Waals surface area contributed by atoms with Gasteiger partial charge in [0.25, 0.3) is 0 Å². The van der Waals surface area contributed by atoms with E-state index >= 15 is 0 Å². The van der Waals surface area contributed by atoms with Crippen molar-refractivity contribution in [3.63, 3.8) is 0 Å². The summed E-state index contributed by atoms with van der Waals surface area (Å²) in [5.41, 5.74) is 1.62. The third-order valence-corrected chi connectivity index (χ3v) is 7.29. The lowest BCUT2D eigenvalue weighted by atomic mass is 10.0. The van der Waals surface area contributed by atoms with E-state index in [2.05, 4.69) is 10.1 Å². The maximum atomic E-state index is 14.4. The highest BCUT2D eigenvalue weighted by Gasteiger charge is 2.37. The highest BCUT2D eigenvalue weighted by atomic mass is 19.1. The van der Waals surface area contributed by atoms with Crippen molar-refractivity contribution in [1.82, 2.24) is 19.7 Å². The molecule has 2 fully saturated rings. The molecule has 5 rings (SSSR count). The summed E-state index contributed by atoms with van der Waals surface area (Å²) in [6.07, 6.45) is 5.70. The SMILES string of the molecule is Cn1cc(-c2cnc([N+](=O)[O-])c(N3CCCC3c3cc(F)cc(C(=O)O)c3)c2)c(CN(C(=O)OC(C)(C)C)C2CC2)n1. The van der Waals surface area contributed by atoms with Gasteiger partial charge in [-0.05, 0) is 86.2 Å². The number of anilines is 1. The molecule has 1 aliphatic carbocycles. The molecule has 1 aliphatic heterocycles. The molecule has 1 amide bonds. The first-order valence-electron chi connectivity index (χ1n) is 13.8.